The van der Waals surface area contributed by atoms with Crippen LogP contribution in [0.15, 0.2) is 53.5 Å². The number of benzene rings is 1. The van der Waals surface area contributed by atoms with Crippen LogP contribution in [0.1, 0.15) is 11.1 Å². The van der Waals surface area contributed by atoms with Gasteiger partial charge in [-0.05, 0) is 17.2 Å². The van der Waals surface area contributed by atoms with Gasteiger partial charge in [-0.2, -0.15) is 4.31 Å². The highest BCUT2D eigenvalue weighted by atomic mass is 32.2. The fourth-order valence-electron chi connectivity index (χ4n) is 3.04. The molecule has 0 spiro atoms. The average Bonchev–Trinajstić information content (AvgIpc) is 2.75. The summed E-state index contributed by atoms with van der Waals surface area (Å²) >= 11 is 0. The van der Waals surface area contributed by atoms with Crippen LogP contribution in [0.3, 0.4) is 0 Å². The van der Waals surface area contributed by atoms with Crippen LogP contribution >= 0.6 is 0 Å². The summed E-state index contributed by atoms with van der Waals surface area (Å²) in [4.78, 5) is 23.7. The normalized spacial score (nSPS) is 14.9. The lowest BCUT2D eigenvalue weighted by Gasteiger charge is -2.26. The minimum absolute atomic E-state index is 0.0380. The molecule has 0 unspecified atom stereocenters. The van der Waals surface area contributed by atoms with Gasteiger partial charge in [0, 0.05) is 38.4 Å². The van der Waals surface area contributed by atoms with Gasteiger partial charge in [0.15, 0.2) is 0 Å². The molecule has 1 aromatic heterocycles. The van der Waals surface area contributed by atoms with E-state index in [0.29, 0.717) is 39.4 Å². The molecule has 2 N–H and O–H groups in total. The van der Waals surface area contributed by atoms with E-state index in [9.17, 15) is 18.0 Å². The minimum Gasteiger partial charge on any atom is -0.379 e. The van der Waals surface area contributed by atoms with Crippen LogP contribution in [0, 0.1) is 0 Å². The van der Waals surface area contributed by atoms with Crippen molar-refractivity contribution >= 4 is 16.1 Å². The molecule has 1 fully saturated rings. The topological polar surface area (TPSA) is 110 Å². The summed E-state index contributed by atoms with van der Waals surface area (Å²) in [5, 5.41) is 5.28. The molecular formula is C20H26N4O5S. The van der Waals surface area contributed by atoms with Gasteiger partial charge >= 0.3 is 6.03 Å². The predicted molar refractivity (Wildman–Crippen MR) is 113 cm³/mol. The van der Waals surface area contributed by atoms with Gasteiger partial charge in [0.05, 0.1) is 25.5 Å². The molecule has 2 heterocycles. The maximum absolute atomic E-state index is 12.2. The average molecular weight is 435 g/mol. The molecule has 1 aliphatic heterocycles. The monoisotopic (exact) mass is 434 g/mol. The number of pyridine rings is 1. The number of rotatable bonds is 8. The Hall–Kier alpha value is -2.69. The smallest absolute Gasteiger partial charge is 0.315 e. The second-order valence-corrected chi connectivity index (χ2v) is 9.01. The quantitative estimate of drug-likeness (QED) is 0.623. The summed E-state index contributed by atoms with van der Waals surface area (Å²) in [7, 11) is -3.39. The number of amides is 2. The summed E-state index contributed by atoms with van der Waals surface area (Å²) in [5.41, 5.74) is 1.82. The number of carbonyl (C=O) groups excluding carboxylic acids is 1. The lowest BCUT2D eigenvalue weighted by Crippen LogP contribution is -2.44. The Morgan fingerprint density at radius 3 is 2.40 bits per heavy atom. The van der Waals surface area contributed by atoms with Gasteiger partial charge in [0.1, 0.15) is 0 Å². The van der Waals surface area contributed by atoms with E-state index in [1.165, 1.54) is 10.4 Å². The summed E-state index contributed by atoms with van der Waals surface area (Å²) < 4.78 is 32.6. The zero-order valence-corrected chi connectivity index (χ0v) is 17.4. The van der Waals surface area contributed by atoms with E-state index in [1.54, 1.807) is 16.8 Å². The van der Waals surface area contributed by atoms with Crippen LogP contribution in [-0.2, 0) is 27.8 Å². The highest BCUT2D eigenvalue weighted by Gasteiger charge is 2.23. The molecule has 0 aliphatic carbocycles. The highest BCUT2D eigenvalue weighted by Crippen LogP contribution is 2.06. The van der Waals surface area contributed by atoms with Crippen LogP contribution in [-0.4, -0.2) is 61.9 Å². The number of urea groups is 1. The van der Waals surface area contributed by atoms with Crippen LogP contribution in [0.4, 0.5) is 4.79 Å². The van der Waals surface area contributed by atoms with Crippen LogP contribution < -0.4 is 16.2 Å². The summed E-state index contributed by atoms with van der Waals surface area (Å²) in [6.07, 6.45) is 1.74. The first-order valence-corrected chi connectivity index (χ1v) is 11.4. The molecule has 1 aromatic carbocycles. The predicted octanol–water partition coefficient (Wildman–Crippen LogP) is 0.358. The number of nitrogens with zero attached hydrogens (tertiary/aromatic N) is 2. The zero-order valence-electron chi connectivity index (χ0n) is 16.6. The number of nitrogens with one attached hydrogen (secondary N) is 2. The SMILES string of the molecule is O=C(NCCS(=O)(=O)N1CCOCC1)NCc1ccc(Cn2ccccc2=O)cc1. The van der Waals surface area contributed by atoms with E-state index in [2.05, 4.69) is 10.6 Å². The molecule has 30 heavy (non-hydrogen) atoms. The fourth-order valence-corrected chi connectivity index (χ4v) is 4.37. The van der Waals surface area contributed by atoms with Crippen molar-refractivity contribution in [1.29, 1.82) is 0 Å². The molecule has 9 nitrogen and oxygen atoms in total. The molecule has 1 aliphatic rings. The van der Waals surface area contributed by atoms with Crippen molar-refractivity contribution in [2.24, 2.45) is 0 Å². The van der Waals surface area contributed by atoms with E-state index < -0.39 is 16.1 Å². The van der Waals surface area contributed by atoms with E-state index >= 15 is 0 Å². The van der Waals surface area contributed by atoms with E-state index in [-0.39, 0.29) is 17.9 Å². The zero-order chi connectivity index (χ0) is 21.4. The first kappa shape index (κ1) is 22.0. The third kappa shape index (κ3) is 6.41. The van der Waals surface area contributed by atoms with Crippen molar-refractivity contribution in [2.75, 3.05) is 38.6 Å². The fraction of sp³-hybridized carbons (Fsp3) is 0.400. The van der Waals surface area contributed by atoms with Crippen molar-refractivity contribution in [1.82, 2.24) is 19.5 Å². The van der Waals surface area contributed by atoms with E-state index in [1.807, 2.05) is 30.3 Å². The third-order valence-electron chi connectivity index (χ3n) is 4.74. The van der Waals surface area contributed by atoms with Gasteiger partial charge in [-0.25, -0.2) is 13.2 Å². The molecular weight excluding hydrogens is 408 g/mol. The van der Waals surface area contributed by atoms with E-state index in [0.717, 1.165) is 11.1 Å². The Balaban J connectivity index is 1.40. The van der Waals surface area contributed by atoms with Gasteiger partial charge < -0.3 is 19.9 Å². The van der Waals surface area contributed by atoms with Crippen molar-refractivity contribution in [3.05, 3.63) is 70.1 Å². The highest BCUT2D eigenvalue weighted by molar-refractivity contribution is 7.89. The van der Waals surface area contributed by atoms with Crippen LogP contribution in [0.5, 0.6) is 0 Å². The molecule has 162 valence electrons. The standard InChI is InChI=1S/C20H26N4O5S/c25-19-3-1-2-9-23(19)16-18-6-4-17(5-7-18)15-22-20(26)21-8-14-30(27,28)24-10-12-29-13-11-24/h1-7,9H,8,10-16H2,(H2,21,22,26). The second kappa shape index (κ2) is 10.4. The number of sulfonamides is 1. The third-order valence-corrected chi connectivity index (χ3v) is 6.61. The lowest BCUT2D eigenvalue weighted by atomic mass is 10.1. The minimum atomic E-state index is -3.39. The molecule has 0 saturated carbocycles. The Kier molecular flexibility index (Phi) is 7.61. The summed E-state index contributed by atoms with van der Waals surface area (Å²) in [6.45, 7) is 2.32. The molecule has 1 saturated heterocycles. The van der Waals surface area contributed by atoms with Crippen molar-refractivity contribution in [3.8, 4) is 0 Å². The maximum atomic E-state index is 12.2. The number of ether oxygens (including phenoxy) is 1. The molecule has 2 amide bonds. The number of morpholine rings is 1. The van der Waals surface area contributed by atoms with Gasteiger partial charge in [-0.3, -0.25) is 4.79 Å². The first-order valence-electron chi connectivity index (χ1n) is 9.74. The molecule has 0 radical (unpaired) electrons. The number of hydrogen-bond donors (Lipinski definition) is 2. The maximum Gasteiger partial charge on any atom is 0.315 e. The van der Waals surface area contributed by atoms with Crippen molar-refractivity contribution < 1.29 is 17.9 Å². The van der Waals surface area contributed by atoms with Crippen molar-refractivity contribution in [2.45, 2.75) is 13.1 Å². The van der Waals surface area contributed by atoms with Gasteiger partial charge in [0.25, 0.3) is 5.56 Å². The largest absolute Gasteiger partial charge is 0.379 e. The second-order valence-electron chi connectivity index (χ2n) is 6.92. The first-order chi connectivity index (χ1) is 14.4. The Morgan fingerprint density at radius 1 is 1.00 bits per heavy atom. The lowest BCUT2D eigenvalue weighted by molar-refractivity contribution is 0.0730. The summed E-state index contributed by atoms with van der Waals surface area (Å²) in [5.74, 6) is -0.145. The molecule has 3 rings (SSSR count). The Bertz CT molecular complexity index is 998. The molecule has 0 bridgehead atoms. The van der Waals surface area contributed by atoms with Gasteiger partial charge in [-0.15, -0.1) is 0 Å². The molecule has 10 heteroatoms. The van der Waals surface area contributed by atoms with Gasteiger partial charge in [0.2, 0.25) is 10.0 Å². The van der Waals surface area contributed by atoms with Crippen molar-refractivity contribution in [3.63, 3.8) is 0 Å². The molecule has 2 aromatic rings. The van der Waals surface area contributed by atoms with Crippen LogP contribution in [0.25, 0.3) is 0 Å². The number of hydrogen-bond acceptors (Lipinski definition) is 5. The Labute approximate surface area is 175 Å². The summed E-state index contributed by atoms with van der Waals surface area (Å²) in [6, 6.07) is 12.2. The molecule has 0 atom stereocenters. The number of aromatic nitrogens is 1. The Morgan fingerprint density at radius 2 is 1.70 bits per heavy atom. The number of carbonyl (C=O) groups is 1. The van der Waals surface area contributed by atoms with Gasteiger partial charge in [-0.1, -0.05) is 30.3 Å². The van der Waals surface area contributed by atoms with Crippen LogP contribution in [0.2, 0.25) is 0 Å². The van der Waals surface area contributed by atoms with E-state index in [4.69, 9.17) is 4.74 Å².